The summed E-state index contributed by atoms with van der Waals surface area (Å²) in [6.45, 7) is 2.47. The van der Waals surface area contributed by atoms with E-state index < -0.39 is 0 Å². The molecule has 1 unspecified atom stereocenters. The molecular weight excluding hydrogens is 284 g/mol. The van der Waals surface area contributed by atoms with Gasteiger partial charge < -0.3 is 0 Å². The highest BCUT2D eigenvalue weighted by Gasteiger charge is 2.35. The molecular formula is C17H23Br. The molecule has 2 aliphatic rings. The average molecular weight is 307 g/mol. The van der Waals surface area contributed by atoms with Crippen molar-refractivity contribution in [3.63, 3.8) is 0 Å². The molecule has 18 heavy (non-hydrogen) atoms. The van der Waals surface area contributed by atoms with Crippen LogP contribution in [0.5, 0.6) is 0 Å². The minimum Gasteiger partial charge on any atom is -0.0833 e. The summed E-state index contributed by atoms with van der Waals surface area (Å²) in [5.74, 6) is 0. The number of alkyl halides is 1. The maximum Gasteiger partial charge on any atom is 0.0449 e. The second kappa shape index (κ2) is 5.00. The standard InChI is InChI=1S/C17H23Br/c1-17(10-3-2-4-11-17)16(18)15-9-8-13-6-5-7-14(13)12-15/h8-9,12,16H,2-7,10-11H2,1H3. The fourth-order valence-electron chi connectivity index (χ4n) is 3.76. The van der Waals surface area contributed by atoms with Crippen molar-refractivity contribution in [1.29, 1.82) is 0 Å². The van der Waals surface area contributed by atoms with Gasteiger partial charge in [-0.1, -0.05) is 60.3 Å². The SMILES string of the molecule is CC1(C(Br)c2ccc3c(c2)CCC3)CCCCC1. The van der Waals surface area contributed by atoms with Crippen LogP contribution < -0.4 is 0 Å². The van der Waals surface area contributed by atoms with Gasteiger partial charge in [-0.05, 0) is 54.2 Å². The van der Waals surface area contributed by atoms with Gasteiger partial charge in [-0.15, -0.1) is 0 Å². The Morgan fingerprint density at radius 1 is 1.00 bits per heavy atom. The van der Waals surface area contributed by atoms with E-state index in [2.05, 4.69) is 41.1 Å². The summed E-state index contributed by atoms with van der Waals surface area (Å²) in [7, 11) is 0. The summed E-state index contributed by atoms with van der Waals surface area (Å²) in [5.41, 5.74) is 5.18. The van der Waals surface area contributed by atoms with Crippen molar-refractivity contribution in [3.05, 3.63) is 34.9 Å². The van der Waals surface area contributed by atoms with E-state index >= 15 is 0 Å². The van der Waals surface area contributed by atoms with Gasteiger partial charge in [0.15, 0.2) is 0 Å². The lowest BCUT2D eigenvalue weighted by Crippen LogP contribution is -2.25. The summed E-state index contributed by atoms with van der Waals surface area (Å²) in [4.78, 5) is 0.538. The Labute approximate surface area is 119 Å². The maximum absolute atomic E-state index is 4.01. The quantitative estimate of drug-likeness (QED) is 0.626. The fraction of sp³-hybridized carbons (Fsp3) is 0.647. The molecule has 0 nitrogen and oxygen atoms in total. The number of aryl methyl sites for hydroxylation is 2. The van der Waals surface area contributed by atoms with Crippen LogP contribution in [0.2, 0.25) is 0 Å². The Morgan fingerprint density at radius 3 is 2.50 bits per heavy atom. The number of rotatable bonds is 2. The van der Waals surface area contributed by atoms with E-state index in [9.17, 15) is 0 Å². The van der Waals surface area contributed by atoms with E-state index in [0.29, 0.717) is 10.2 Å². The van der Waals surface area contributed by atoms with Crippen molar-refractivity contribution in [3.8, 4) is 0 Å². The van der Waals surface area contributed by atoms with Crippen LogP contribution in [0.15, 0.2) is 18.2 Å². The number of hydrogen-bond donors (Lipinski definition) is 0. The lowest BCUT2D eigenvalue weighted by atomic mass is 9.71. The van der Waals surface area contributed by atoms with Crippen molar-refractivity contribution in [2.45, 2.75) is 63.1 Å². The third-order valence-electron chi connectivity index (χ3n) is 5.02. The highest BCUT2D eigenvalue weighted by molar-refractivity contribution is 9.09. The number of benzene rings is 1. The molecule has 0 aromatic heterocycles. The molecule has 3 rings (SSSR count). The van der Waals surface area contributed by atoms with Crippen LogP contribution in [0.4, 0.5) is 0 Å². The first kappa shape index (κ1) is 12.7. The Kier molecular flexibility index (Phi) is 3.53. The van der Waals surface area contributed by atoms with Crippen LogP contribution >= 0.6 is 15.9 Å². The summed E-state index contributed by atoms with van der Waals surface area (Å²) in [6.07, 6.45) is 10.9. The maximum atomic E-state index is 4.01. The lowest BCUT2D eigenvalue weighted by Gasteiger charge is -2.38. The van der Waals surface area contributed by atoms with Crippen molar-refractivity contribution in [2.75, 3.05) is 0 Å². The molecule has 1 atom stereocenters. The van der Waals surface area contributed by atoms with Gasteiger partial charge in [0.1, 0.15) is 0 Å². The molecule has 0 heterocycles. The molecule has 0 aliphatic heterocycles. The zero-order valence-corrected chi connectivity index (χ0v) is 12.9. The molecule has 0 saturated heterocycles. The second-order valence-electron chi connectivity index (χ2n) is 6.46. The van der Waals surface area contributed by atoms with E-state index in [1.807, 2.05) is 0 Å². The smallest absolute Gasteiger partial charge is 0.0449 e. The van der Waals surface area contributed by atoms with Crippen LogP contribution in [0, 0.1) is 5.41 Å². The zero-order valence-electron chi connectivity index (χ0n) is 11.3. The molecule has 0 amide bonds. The van der Waals surface area contributed by atoms with Gasteiger partial charge in [-0.25, -0.2) is 0 Å². The van der Waals surface area contributed by atoms with E-state index in [-0.39, 0.29) is 0 Å². The van der Waals surface area contributed by atoms with E-state index in [4.69, 9.17) is 0 Å². The van der Waals surface area contributed by atoms with Gasteiger partial charge in [-0.3, -0.25) is 0 Å². The zero-order chi connectivity index (χ0) is 12.6. The largest absolute Gasteiger partial charge is 0.0833 e. The minimum absolute atomic E-state index is 0.463. The van der Waals surface area contributed by atoms with Crippen molar-refractivity contribution >= 4 is 15.9 Å². The van der Waals surface area contributed by atoms with Crippen molar-refractivity contribution < 1.29 is 0 Å². The molecule has 0 radical (unpaired) electrons. The van der Waals surface area contributed by atoms with Crippen LogP contribution in [0.25, 0.3) is 0 Å². The molecule has 1 saturated carbocycles. The third-order valence-corrected chi connectivity index (χ3v) is 6.66. The third kappa shape index (κ3) is 2.27. The topological polar surface area (TPSA) is 0 Å². The lowest BCUT2D eigenvalue weighted by molar-refractivity contribution is 0.213. The Hall–Kier alpha value is -0.300. The van der Waals surface area contributed by atoms with Crippen LogP contribution in [-0.2, 0) is 12.8 Å². The predicted molar refractivity (Wildman–Crippen MR) is 81.3 cm³/mol. The number of hydrogen-bond acceptors (Lipinski definition) is 0. The molecule has 2 aliphatic carbocycles. The monoisotopic (exact) mass is 306 g/mol. The predicted octanol–water partition coefficient (Wildman–Crippen LogP) is 5.58. The minimum atomic E-state index is 0.463. The first-order valence-electron chi connectivity index (χ1n) is 7.45. The molecule has 0 N–H and O–H groups in total. The van der Waals surface area contributed by atoms with E-state index in [1.54, 1.807) is 11.1 Å². The van der Waals surface area contributed by atoms with Gasteiger partial charge in [0.05, 0.1) is 0 Å². The summed E-state index contributed by atoms with van der Waals surface area (Å²) < 4.78 is 0. The average Bonchev–Trinajstić information content (AvgIpc) is 2.86. The van der Waals surface area contributed by atoms with Crippen molar-refractivity contribution in [1.82, 2.24) is 0 Å². The molecule has 1 aromatic rings. The molecule has 1 heteroatoms. The fourth-order valence-corrected chi connectivity index (χ4v) is 4.51. The van der Waals surface area contributed by atoms with Crippen LogP contribution in [0.3, 0.4) is 0 Å². The summed E-state index contributed by atoms with van der Waals surface area (Å²) in [5, 5.41) is 0. The van der Waals surface area contributed by atoms with E-state index in [1.165, 1.54) is 56.9 Å². The normalized spacial score (nSPS) is 23.7. The highest BCUT2D eigenvalue weighted by Crippen LogP contribution is 2.50. The molecule has 98 valence electrons. The summed E-state index contributed by atoms with van der Waals surface area (Å²) in [6, 6.07) is 7.21. The Morgan fingerprint density at radius 2 is 1.72 bits per heavy atom. The van der Waals surface area contributed by atoms with Gasteiger partial charge in [-0.2, -0.15) is 0 Å². The summed E-state index contributed by atoms with van der Waals surface area (Å²) >= 11 is 4.01. The van der Waals surface area contributed by atoms with E-state index in [0.717, 1.165) is 0 Å². The van der Waals surface area contributed by atoms with Gasteiger partial charge in [0.2, 0.25) is 0 Å². The molecule has 1 fully saturated rings. The second-order valence-corrected chi connectivity index (χ2v) is 7.37. The molecule has 0 bridgehead atoms. The van der Waals surface area contributed by atoms with Crippen LogP contribution in [0.1, 0.15) is 67.0 Å². The van der Waals surface area contributed by atoms with Gasteiger partial charge in [0.25, 0.3) is 0 Å². The highest BCUT2D eigenvalue weighted by atomic mass is 79.9. The van der Waals surface area contributed by atoms with Gasteiger partial charge >= 0.3 is 0 Å². The van der Waals surface area contributed by atoms with Crippen LogP contribution in [-0.4, -0.2) is 0 Å². The Balaban J connectivity index is 1.85. The van der Waals surface area contributed by atoms with Crippen molar-refractivity contribution in [2.24, 2.45) is 5.41 Å². The first-order valence-corrected chi connectivity index (χ1v) is 8.36. The molecule has 1 aromatic carbocycles. The number of fused-ring (bicyclic) bond motifs is 1. The van der Waals surface area contributed by atoms with Gasteiger partial charge in [0, 0.05) is 4.83 Å². The first-order chi connectivity index (χ1) is 8.69. The Bertz CT molecular complexity index is 429. The number of halogens is 1. The molecule has 0 spiro atoms.